The standard InChI is InChI=1S/C16H16ClFN2O/c1-10-8-15(17)14(9-19-10)16(21)20-11(2)7-12-3-5-13(18)6-4-12/h3-6,8-9,11H,7H2,1-2H3,(H,20,21). The Balaban J connectivity index is 2.00. The first kappa shape index (κ1) is 15.4. The molecular weight excluding hydrogens is 291 g/mol. The number of halogens is 2. The molecule has 0 fully saturated rings. The molecule has 2 aromatic rings. The lowest BCUT2D eigenvalue weighted by Gasteiger charge is -2.14. The van der Waals surface area contributed by atoms with Crippen molar-refractivity contribution in [1.29, 1.82) is 0 Å². The maximum absolute atomic E-state index is 12.8. The molecule has 0 spiro atoms. The Labute approximate surface area is 128 Å². The van der Waals surface area contributed by atoms with Crippen LogP contribution in [0.4, 0.5) is 4.39 Å². The summed E-state index contributed by atoms with van der Waals surface area (Å²) >= 11 is 6.04. The summed E-state index contributed by atoms with van der Waals surface area (Å²) in [4.78, 5) is 16.2. The molecule has 0 aliphatic carbocycles. The Morgan fingerprint density at radius 1 is 1.38 bits per heavy atom. The van der Waals surface area contributed by atoms with Crippen LogP contribution in [0.25, 0.3) is 0 Å². The molecule has 1 N–H and O–H groups in total. The van der Waals surface area contributed by atoms with Crippen molar-refractivity contribution in [2.24, 2.45) is 0 Å². The van der Waals surface area contributed by atoms with Crippen LogP contribution in [-0.2, 0) is 6.42 Å². The minimum absolute atomic E-state index is 0.0969. The van der Waals surface area contributed by atoms with Crippen molar-refractivity contribution in [2.75, 3.05) is 0 Å². The summed E-state index contributed by atoms with van der Waals surface area (Å²) in [5, 5.41) is 3.25. The smallest absolute Gasteiger partial charge is 0.254 e. The quantitative estimate of drug-likeness (QED) is 0.938. The summed E-state index contributed by atoms with van der Waals surface area (Å²) in [7, 11) is 0. The van der Waals surface area contributed by atoms with Gasteiger partial charge in [0.15, 0.2) is 0 Å². The van der Waals surface area contributed by atoms with Crippen molar-refractivity contribution in [3.8, 4) is 0 Å². The Hall–Kier alpha value is -1.94. The van der Waals surface area contributed by atoms with Gasteiger partial charge < -0.3 is 5.32 Å². The Morgan fingerprint density at radius 2 is 2.05 bits per heavy atom. The molecule has 0 aliphatic heterocycles. The third-order valence-corrected chi connectivity index (χ3v) is 3.38. The van der Waals surface area contributed by atoms with Crippen LogP contribution < -0.4 is 5.32 Å². The van der Waals surface area contributed by atoms with Crippen molar-refractivity contribution in [3.05, 3.63) is 64.2 Å². The molecule has 21 heavy (non-hydrogen) atoms. The summed E-state index contributed by atoms with van der Waals surface area (Å²) < 4.78 is 12.8. The first-order chi connectivity index (χ1) is 9.95. The number of pyridine rings is 1. The van der Waals surface area contributed by atoms with Gasteiger partial charge in [0.2, 0.25) is 0 Å². The summed E-state index contributed by atoms with van der Waals surface area (Å²) in [5.74, 6) is -0.532. The van der Waals surface area contributed by atoms with E-state index >= 15 is 0 Å². The van der Waals surface area contributed by atoms with Gasteiger partial charge in [0, 0.05) is 17.9 Å². The van der Waals surface area contributed by atoms with E-state index in [2.05, 4.69) is 10.3 Å². The fourth-order valence-corrected chi connectivity index (χ4v) is 2.31. The number of hydrogen-bond donors (Lipinski definition) is 1. The number of rotatable bonds is 4. The molecule has 1 amide bonds. The molecule has 110 valence electrons. The van der Waals surface area contributed by atoms with E-state index in [1.54, 1.807) is 18.2 Å². The average molecular weight is 307 g/mol. The van der Waals surface area contributed by atoms with E-state index in [1.165, 1.54) is 18.3 Å². The number of aromatic nitrogens is 1. The van der Waals surface area contributed by atoms with Gasteiger partial charge in [0.1, 0.15) is 5.82 Å². The first-order valence-electron chi connectivity index (χ1n) is 6.63. The van der Waals surface area contributed by atoms with Gasteiger partial charge in [-0.2, -0.15) is 0 Å². The Bertz CT molecular complexity index is 643. The minimum Gasteiger partial charge on any atom is -0.349 e. The molecule has 1 atom stereocenters. The van der Waals surface area contributed by atoms with Crippen LogP contribution in [-0.4, -0.2) is 16.9 Å². The van der Waals surface area contributed by atoms with E-state index in [-0.39, 0.29) is 17.8 Å². The minimum atomic E-state index is -0.270. The fourth-order valence-electron chi connectivity index (χ4n) is 2.02. The van der Waals surface area contributed by atoms with Crippen LogP contribution in [0.3, 0.4) is 0 Å². The zero-order valence-corrected chi connectivity index (χ0v) is 12.6. The molecule has 1 heterocycles. The van der Waals surface area contributed by atoms with Gasteiger partial charge in [-0.05, 0) is 44.0 Å². The third kappa shape index (κ3) is 4.26. The maximum atomic E-state index is 12.8. The van der Waals surface area contributed by atoms with E-state index in [0.29, 0.717) is 17.0 Å². The number of benzene rings is 1. The molecule has 1 aromatic heterocycles. The van der Waals surface area contributed by atoms with Crippen LogP contribution in [0, 0.1) is 12.7 Å². The highest BCUT2D eigenvalue weighted by Crippen LogP contribution is 2.16. The lowest BCUT2D eigenvalue weighted by Crippen LogP contribution is -2.34. The molecule has 0 saturated heterocycles. The number of carbonyl (C=O) groups is 1. The molecule has 1 aromatic carbocycles. The van der Waals surface area contributed by atoms with Crippen molar-refractivity contribution < 1.29 is 9.18 Å². The normalized spacial score (nSPS) is 12.0. The summed E-state index contributed by atoms with van der Waals surface area (Å²) in [6.07, 6.45) is 2.08. The Morgan fingerprint density at radius 3 is 2.67 bits per heavy atom. The van der Waals surface area contributed by atoms with E-state index in [0.717, 1.165) is 11.3 Å². The van der Waals surface area contributed by atoms with Crippen LogP contribution in [0.5, 0.6) is 0 Å². The van der Waals surface area contributed by atoms with Gasteiger partial charge in [0.25, 0.3) is 5.91 Å². The molecule has 0 radical (unpaired) electrons. The zero-order valence-electron chi connectivity index (χ0n) is 11.9. The van der Waals surface area contributed by atoms with Gasteiger partial charge >= 0.3 is 0 Å². The summed E-state index contributed by atoms with van der Waals surface area (Å²) in [6, 6.07) is 7.79. The number of hydrogen-bond acceptors (Lipinski definition) is 2. The molecule has 0 aliphatic rings. The summed E-state index contributed by atoms with van der Waals surface area (Å²) in [5.41, 5.74) is 2.07. The van der Waals surface area contributed by atoms with E-state index < -0.39 is 0 Å². The number of amides is 1. The highest BCUT2D eigenvalue weighted by molar-refractivity contribution is 6.33. The molecule has 1 unspecified atom stereocenters. The van der Waals surface area contributed by atoms with Crippen molar-refractivity contribution in [2.45, 2.75) is 26.3 Å². The van der Waals surface area contributed by atoms with Crippen molar-refractivity contribution >= 4 is 17.5 Å². The van der Waals surface area contributed by atoms with E-state index in [4.69, 9.17) is 11.6 Å². The van der Waals surface area contributed by atoms with Gasteiger partial charge in [-0.25, -0.2) is 4.39 Å². The van der Waals surface area contributed by atoms with Gasteiger partial charge in [-0.3, -0.25) is 9.78 Å². The topological polar surface area (TPSA) is 42.0 Å². The van der Waals surface area contributed by atoms with Crippen LogP contribution >= 0.6 is 11.6 Å². The second-order valence-corrected chi connectivity index (χ2v) is 5.42. The van der Waals surface area contributed by atoms with Crippen molar-refractivity contribution in [3.63, 3.8) is 0 Å². The second kappa shape index (κ2) is 6.68. The Kier molecular flexibility index (Phi) is 4.91. The first-order valence-corrected chi connectivity index (χ1v) is 7.01. The number of aryl methyl sites for hydroxylation is 1. The largest absolute Gasteiger partial charge is 0.349 e. The molecule has 3 nitrogen and oxygen atoms in total. The molecule has 0 bridgehead atoms. The summed E-state index contributed by atoms with van der Waals surface area (Å²) in [6.45, 7) is 3.70. The fraction of sp³-hybridized carbons (Fsp3) is 0.250. The number of nitrogens with zero attached hydrogens (tertiary/aromatic N) is 1. The zero-order chi connectivity index (χ0) is 15.4. The molecule has 5 heteroatoms. The number of nitrogens with one attached hydrogen (secondary N) is 1. The van der Waals surface area contributed by atoms with E-state index in [9.17, 15) is 9.18 Å². The maximum Gasteiger partial charge on any atom is 0.254 e. The van der Waals surface area contributed by atoms with Gasteiger partial charge in [0.05, 0.1) is 10.6 Å². The third-order valence-electron chi connectivity index (χ3n) is 3.07. The van der Waals surface area contributed by atoms with Crippen LogP contribution in [0.1, 0.15) is 28.5 Å². The van der Waals surface area contributed by atoms with Crippen LogP contribution in [0.2, 0.25) is 5.02 Å². The lowest BCUT2D eigenvalue weighted by molar-refractivity contribution is 0.0940. The molecule has 2 rings (SSSR count). The van der Waals surface area contributed by atoms with E-state index in [1.807, 2.05) is 13.8 Å². The lowest BCUT2D eigenvalue weighted by atomic mass is 10.1. The van der Waals surface area contributed by atoms with Crippen LogP contribution in [0.15, 0.2) is 36.5 Å². The SMILES string of the molecule is Cc1cc(Cl)c(C(=O)NC(C)Cc2ccc(F)cc2)cn1. The monoisotopic (exact) mass is 306 g/mol. The van der Waals surface area contributed by atoms with Crippen molar-refractivity contribution in [1.82, 2.24) is 10.3 Å². The molecular formula is C16H16ClFN2O. The predicted octanol–water partition coefficient (Wildman–Crippen LogP) is 3.54. The number of carbonyl (C=O) groups excluding carboxylic acids is 1. The van der Waals surface area contributed by atoms with Gasteiger partial charge in [-0.15, -0.1) is 0 Å². The second-order valence-electron chi connectivity index (χ2n) is 5.01. The van der Waals surface area contributed by atoms with Gasteiger partial charge in [-0.1, -0.05) is 23.7 Å². The highest BCUT2D eigenvalue weighted by Gasteiger charge is 2.14. The average Bonchev–Trinajstić information content (AvgIpc) is 2.41. The predicted molar refractivity (Wildman–Crippen MR) is 81.0 cm³/mol. The molecule has 0 saturated carbocycles. The highest BCUT2D eigenvalue weighted by atomic mass is 35.5.